The average Bonchev–Trinajstić information content (AvgIpc) is 3.12. The molecule has 0 radical (unpaired) electrons. The van der Waals surface area contributed by atoms with Crippen molar-refractivity contribution < 1.29 is 19.0 Å². The van der Waals surface area contributed by atoms with Crippen LogP contribution in [0.3, 0.4) is 0 Å². The lowest BCUT2D eigenvalue weighted by Crippen LogP contribution is -2.62. The van der Waals surface area contributed by atoms with E-state index >= 15 is 0 Å². The van der Waals surface area contributed by atoms with Gasteiger partial charge in [-0.1, -0.05) is 45.5 Å². The van der Waals surface area contributed by atoms with Crippen LogP contribution in [-0.2, 0) is 16.9 Å². The van der Waals surface area contributed by atoms with Crippen molar-refractivity contribution in [3.05, 3.63) is 106 Å². The summed E-state index contributed by atoms with van der Waals surface area (Å²) in [5.41, 5.74) is 6.17. The summed E-state index contributed by atoms with van der Waals surface area (Å²) in [6.45, 7) is 12.7. The molecule has 1 aromatic heterocycles. The van der Waals surface area contributed by atoms with Crippen molar-refractivity contribution in [2.75, 3.05) is 18.6 Å². The van der Waals surface area contributed by atoms with Crippen LogP contribution in [-0.4, -0.2) is 46.0 Å². The number of nitrogens with one attached hydrogen (secondary N) is 1. The van der Waals surface area contributed by atoms with Gasteiger partial charge in [-0.3, -0.25) is 14.3 Å². The molecule has 0 aliphatic carbocycles. The molecule has 2 N–H and O–H groups in total. The van der Waals surface area contributed by atoms with E-state index in [1.54, 1.807) is 28.8 Å². The maximum Gasteiger partial charge on any atom is 0.278 e. The van der Waals surface area contributed by atoms with Gasteiger partial charge in [0.25, 0.3) is 5.91 Å². The molecule has 6 rings (SSSR count). The molecule has 39 heavy (non-hydrogen) atoms. The van der Waals surface area contributed by atoms with Crippen LogP contribution in [0.15, 0.2) is 77.6 Å². The number of carbonyl (C=O) groups excluding carboxylic acids is 1. The van der Waals surface area contributed by atoms with Gasteiger partial charge in [0, 0.05) is 22.9 Å². The smallest absolute Gasteiger partial charge is 0.278 e. The molecule has 4 heterocycles. The Morgan fingerprint density at radius 1 is 1.05 bits per heavy atom. The fourth-order valence-corrected chi connectivity index (χ4v) is 5.51. The number of pyridine rings is 1. The Labute approximate surface area is 234 Å². The van der Waals surface area contributed by atoms with Gasteiger partial charge in [0.05, 0.1) is 19.3 Å². The minimum absolute atomic E-state index is 0. The number of nitrogens with zero attached hydrogens (tertiary/aromatic N) is 2. The van der Waals surface area contributed by atoms with Crippen LogP contribution in [0.5, 0.6) is 5.75 Å². The summed E-state index contributed by atoms with van der Waals surface area (Å²) in [5, 5.41) is 9.74. The van der Waals surface area contributed by atoms with Crippen LogP contribution in [0.2, 0.25) is 0 Å². The lowest BCUT2D eigenvalue weighted by molar-refractivity contribution is -0.0310. The van der Waals surface area contributed by atoms with Crippen molar-refractivity contribution in [2.24, 2.45) is 0 Å². The zero-order valence-electron chi connectivity index (χ0n) is 21.9. The molecule has 1 amide bonds. The number of ether oxygens (including phenoxy) is 1. The third-order valence-corrected chi connectivity index (χ3v) is 7.31. The maximum atomic E-state index is 13.1. The van der Waals surface area contributed by atoms with Gasteiger partial charge in [0.2, 0.25) is 5.43 Å². The first-order valence-electron chi connectivity index (χ1n) is 12.5. The van der Waals surface area contributed by atoms with Crippen molar-refractivity contribution >= 4 is 17.7 Å². The molecule has 9 heteroatoms. The van der Waals surface area contributed by atoms with Gasteiger partial charge in [-0.15, -0.1) is 24.9 Å². The van der Waals surface area contributed by atoms with Crippen LogP contribution >= 0.6 is 11.8 Å². The zero-order chi connectivity index (χ0) is 27.8. The Morgan fingerprint density at radius 3 is 2.51 bits per heavy atom. The number of aromatic nitrogens is 1. The monoisotopic (exact) mass is 555 g/mol. The van der Waals surface area contributed by atoms with Gasteiger partial charge in [0.1, 0.15) is 12.0 Å². The van der Waals surface area contributed by atoms with Gasteiger partial charge in [0.15, 0.2) is 11.4 Å². The quantitative estimate of drug-likeness (QED) is 0.342. The van der Waals surface area contributed by atoms with E-state index in [1.165, 1.54) is 33.0 Å². The SMILES string of the molecule is C.C=C.CC.C[C@H]1COC[C@H]2Nn3ccc(=O)c(O)c3C(=O)N12.Fc1ccc2c(c1)CSc1ccccc1C2. The molecule has 2 atom stereocenters. The first-order chi connectivity index (χ1) is 18.4. The molecule has 1 saturated heterocycles. The molecule has 7 nitrogen and oxygen atoms in total. The molecule has 210 valence electrons. The Bertz CT molecular complexity index is 1330. The van der Waals surface area contributed by atoms with Crippen LogP contribution in [0, 0.1) is 5.82 Å². The van der Waals surface area contributed by atoms with Crippen LogP contribution < -0.4 is 10.9 Å². The van der Waals surface area contributed by atoms with E-state index in [4.69, 9.17) is 4.74 Å². The standard InChI is InChI=1S/C14H11FS.C11H13N3O4.C2H6.C2H4.CH4/c15-13-6-5-10-7-11-3-1-2-4-14(11)16-9-12(10)8-13;1-6-4-18-5-8-12-13-3-2-7(15)10(16)9(13)11(17)14(6)8;2*1-2;/h1-6,8H,7,9H2;2-3,6,8,12,16H,4-5H2,1H3;1-2H3;1-2H2;1H4/t;6-,8-;;;/m.0.../s1. The maximum absolute atomic E-state index is 13.1. The lowest BCUT2D eigenvalue weighted by Gasteiger charge is -2.44. The zero-order valence-corrected chi connectivity index (χ0v) is 22.8. The van der Waals surface area contributed by atoms with Gasteiger partial charge < -0.3 is 20.2 Å². The number of rotatable bonds is 0. The summed E-state index contributed by atoms with van der Waals surface area (Å²) in [4.78, 5) is 26.7. The van der Waals surface area contributed by atoms with Crippen molar-refractivity contribution in [3.63, 3.8) is 0 Å². The number of morpholine rings is 1. The molecular weight excluding hydrogens is 517 g/mol. The third-order valence-electron chi connectivity index (χ3n) is 6.15. The van der Waals surface area contributed by atoms with Gasteiger partial charge in [-0.2, -0.15) is 0 Å². The summed E-state index contributed by atoms with van der Waals surface area (Å²) in [7, 11) is 0. The molecule has 3 aliphatic heterocycles. The highest BCUT2D eigenvalue weighted by Crippen LogP contribution is 2.33. The van der Waals surface area contributed by atoms with Crippen molar-refractivity contribution in [2.45, 2.75) is 57.5 Å². The van der Waals surface area contributed by atoms with E-state index in [0.29, 0.717) is 13.2 Å². The predicted octanol–water partition coefficient (Wildman–Crippen LogP) is 5.78. The molecule has 2 aromatic carbocycles. The molecule has 0 unspecified atom stereocenters. The van der Waals surface area contributed by atoms with Crippen molar-refractivity contribution in [1.82, 2.24) is 9.58 Å². The van der Waals surface area contributed by atoms with Crippen LogP contribution in [0.1, 0.15) is 55.4 Å². The number of amides is 1. The fourth-order valence-electron chi connectivity index (χ4n) is 4.43. The van der Waals surface area contributed by atoms with Gasteiger partial charge >= 0.3 is 0 Å². The lowest BCUT2D eigenvalue weighted by atomic mass is 10.0. The molecular formula is C30H38FN3O4S. The number of hydrogen-bond acceptors (Lipinski definition) is 6. The number of fused-ring (bicyclic) bond motifs is 4. The van der Waals surface area contributed by atoms with E-state index in [2.05, 4.69) is 42.8 Å². The number of aromatic hydroxyl groups is 1. The van der Waals surface area contributed by atoms with Gasteiger partial charge in [-0.05, 0) is 48.2 Å². The number of carbonyl (C=O) groups is 1. The normalized spacial score (nSPS) is 18.1. The first kappa shape index (κ1) is 31.7. The summed E-state index contributed by atoms with van der Waals surface area (Å²) >= 11 is 1.79. The van der Waals surface area contributed by atoms with Crippen molar-refractivity contribution in [1.29, 1.82) is 0 Å². The van der Waals surface area contributed by atoms with E-state index in [0.717, 1.165) is 17.7 Å². The van der Waals surface area contributed by atoms with Crippen molar-refractivity contribution in [3.8, 4) is 5.75 Å². The molecule has 0 saturated carbocycles. The first-order valence-corrected chi connectivity index (χ1v) is 13.5. The number of benzene rings is 2. The summed E-state index contributed by atoms with van der Waals surface area (Å²) in [6.07, 6.45) is 2.07. The second-order valence-electron chi connectivity index (χ2n) is 8.48. The summed E-state index contributed by atoms with van der Waals surface area (Å²) in [6, 6.07) is 14.6. The van der Waals surface area contributed by atoms with E-state index in [9.17, 15) is 19.1 Å². The Kier molecular flexibility index (Phi) is 11.8. The Morgan fingerprint density at radius 2 is 1.77 bits per heavy atom. The molecule has 3 aliphatic rings. The highest BCUT2D eigenvalue weighted by atomic mass is 32.2. The van der Waals surface area contributed by atoms with E-state index < -0.39 is 11.2 Å². The summed E-state index contributed by atoms with van der Waals surface area (Å²) < 4.78 is 19.9. The second kappa shape index (κ2) is 14.6. The second-order valence-corrected chi connectivity index (χ2v) is 9.49. The highest BCUT2D eigenvalue weighted by molar-refractivity contribution is 7.98. The largest absolute Gasteiger partial charge is 0.502 e. The Hall–Kier alpha value is -3.56. The number of hydrogen-bond donors (Lipinski definition) is 2. The predicted molar refractivity (Wildman–Crippen MR) is 157 cm³/mol. The van der Waals surface area contributed by atoms with Gasteiger partial charge in [-0.25, -0.2) is 4.39 Å². The van der Waals surface area contributed by atoms with Crippen LogP contribution in [0.25, 0.3) is 0 Å². The molecule has 0 bridgehead atoms. The third kappa shape index (κ3) is 6.91. The topological polar surface area (TPSA) is 83.8 Å². The van der Waals surface area contributed by atoms with Crippen LogP contribution in [0.4, 0.5) is 4.39 Å². The summed E-state index contributed by atoms with van der Waals surface area (Å²) in [5.74, 6) is -0.147. The number of halogens is 1. The average molecular weight is 556 g/mol. The van der Waals surface area contributed by atoms with E-state index in [-0.39, 0.29) is 37.1 Å². The minimum Gasteiger partial charge on any atom is -0.502 e. The highest BCUT2D eigenvalue weighted by Gasteiger charge is 2.39. The fraction of sp³-hybridized carbons (Fsp3) is 0.333. The molecule has 0 spiro atoms. The number of thioether (sulfide) groups is 1. The minimum atomic E-state index is -0.559. The van der Waals surface area contributed by atoms with E-state index in [1.807, 2.05) is 26.8 Å². The Balaban J connectivity index is 0.000000239. The molecule has 1 fully saturated rings. The molecule has 3 aromatic rings.